The van der Waals surface area contributed by atoms with Gasteiger partial charge in [-0.3, -0.25) is 9.78 Å². The molecule has 0 saturated heterocycles. The lowest BCUT2D eigenvalue weighted by Gasteiger charge is -2.12. The Morgan fingerprint density at radius 1 is 1.09 bits per heavy atom. The highest BCUT2D eigenvalue weighted by Crippen LogP contribution is 2.29. The van der Waals surface area contributed by atoms with Crippen molar-refractivity contribution in [2.24, 2.45) is 0 Å². The Labute approximate surface area is 128 Å². The molecule has 0 spiro atoms. The van der Waals surface area contributed by atoms with Crippen LogP contribution in [0.1, 0.15) is 22.8 Å². The van der Waals surface area contributed by atoms with E-state index in [-0.39, 0.29) is 11.5 Å². The minimum Gasteiger partial charge on any atom is -0.508 e. The van der Waals surface area contributed by atoms with Crippen LogP contribution in [-0.2, 0) is 0 Å². The number of phenols is 1. The van der Waals surface area contributed by atoms with Crippen LogP contribution in [0.15, 0.2) is 48.7 Å². The number of Topliss-reactive ketones (excluding diaryl/α,β-unsaturated/α-hetero) is 1. The van der Waals surface area contributed by atoms with Gasteiger partial charge in [0.1, 0.15) is 5.75 Å². The second-order valence-electron chi connectivity index (χ2n) is 5.27. The second-order valence-corrected chi connectivity index (χ2v) is 5.27. The summed E-state index contributed by atoms with van der Waals surface area (Å²) < 4.78 is 0. The zero-order chi connectivity index (χ0) is 15.7. The van der Waals surface area contributed by atoms with Crippen molar-refractivity contribution in [3.63, 3.8) is 0 Å². The van der Waals surface area contributed by atoms with Gasteiger partial charge in [0.2, 0.25) is 0 Å². The highest BCUT2D eigenvalue weighted by molar-refractivity contribution is 6.01. The highest BCUT2D eigenvalue weighted by atomic mass is 16.3. The fourth-order valence-electron chi connectivity index (χ4n) is 2.36. The van der Waals surface area contributed by atoms with Gasteiger partial charge in [0.15, 0.2) is 5.78 Å². The van der Waals surface area contributed by atoms with Crippen LogP contribution >= 0.6 is 0 Å². The number of pyridine rings is 1. The van der Waals surface area contributed by atoms with Gasteiger partial charge in [0, 0.05) is 34.6 Å². The lowest BCUT2D eigenvalue weighted by molar-refractivity contribution is 0.101. The number of hydrogen-bond acceptors (Lipinski definition) is 4. The molecule has 3 aromatic rings. The third-order valence-electron chi connectivity index (χ3n) is 3.64. The smallest absolute Gasteiger partial charge is 0.159 e. The molecule has 0 saturated carbocycles. The molecule has 2 aromatic carbocycles. The minimum absolute atomic E-state index is 0.0187. The van der Waals surface area contributed by atoms with E-state index >= 15 is 0 Å². The van der Waals surface area contributed by atoms with Crippen LogP contribution in [0.5, 0.6) is 5.75 Å². The lowest BCUT2D eigenvalue weighted by Crippen LogP contribution is -1.97. The molecule has 0 fully saturated rings. The molecule has 3 rings (SSSR count). The summed E-state index contributed by atoms with van der Waals surface area (Å²) in [5, 5.41) is 13.8. The van der Waals surface area contributed by atoms with Crippen molar-refractivity contribution >= 4 is 28.1 Å². The molecule has 2 N–H and O–H groups in total. The van der Waals surface area contributed by atoms with Gasteiger partial charge in [0.25, 0.3) is 0 Å². The first-order valence-electron chi connectivity index (χ1n) is 7.01. The van der Waals surface area contributed by atoms with Crippen LogP contribution in [0.2, 0.25) is 0 Å². The van der Waals surface area contributed by atoms with E-state index < -0.39 is 0 Å². The summed E-state index contributed by atoms with van der Waals surface area (Å²) in [6.07, 6.45) is 1.72. The van der Waals surface area contributed by atoms with E-state index in [1.807, 2.05) is 31.2 Å². The standard InChI is InChI=1S/C18H16N2O2/c1-11-3-5-14(22)10-18(11)20-17-7-8-19-16-6-4-13(12(2)21)9-15(16)17/h3-10,22H,1-2H3,(H,19,20). The maximum atomic E-state index is 11.6. The number of benzene rings is 2. The maximum Gasteiger partial charge on any atom is 0.159 e. The number of aryl methyl sites for hydroxylation is 1. The number of hydrogen-bond donors (Lipinski definition) is 2. The molecular formula is C18H16N2O2. The number of phenolic OH excluding ortho intramolecular Hbond substituents is 1. The molecule has 0 aliphatic carbocycles. The van der Waals surface area contributed by atoms with E-state index in [0.717, 1.165) is 27.8 Å². The average molecular weight is 292 g/mol. The van der Waals surface area contributed by atoms with Gasteiger partial charge < -0.3 is 10.4 Å². The topological polar surface area (TPSA) is 62.2 Å². The van der Waals surface area contributed by atoms with E-state index in [9.17, 15) is 9.90 Å². The first-order valence-corrected chi connectivity index (χ1v) is 7.01. The molecule has 1 heterocycles. The van der Waals surface area contributed by atoms with E-state index in [4.69, 9.17) is 0 Å². The molecule has 110 valence electrons. The average Bonchev–Trinajstić information content (AvgIpc) is 2.50. The summed E-state index contributed by atoms with van der Waals surface area (Å²) in [6, 6.07) is 12.5. The molecule has 0 unspecified atom stereocenters. The molecule has 4 heteroatoms. The van der Waals surface area contributed by atoms with Gasteiger partial charge in [-0.05, 0) is 49.7 Å². The summed E-state index contributed by atoms with van der Waals surface area (Å²) in [5.41, 5.74) is 4.15. The number of carbonyl (C=O) groups excluding carboxylic acids is 1. The van der Waals surface area contributed by atoms with E-state index in [2.05, 4.69) is 10.3 Å². The summed E-state index contributed by atoms with van der Waals surface area (Å²) in [4.78, 5) is 15.9. The highest BCUT2D eigenvalue weighted by Gasteiger charge is 2.07. The van der Waals surface area contributed by atoms with Crippen LogP contribution in [0.3, 0.4) is 0 Å². The molecule has 0 amide bonds. The zero-order valence-corrected chi connectivity index (χ0v) is 12.4. The second kappa shape index (κ2) is 5.48. The first-order chi connectivity index (χ1) is 10.5. The maximum absolute atomic E-state index is 11.6. The first kappa shape index (κ1) is 14.1. The summed E-state index contributed by atoms with van der Waals surface area (Å²) >= 11 is 0. The number of aromatic hydroxyl groups is 1. The van der Waals surface area contributed by atoms with Gasteiger partial charge in [-0.25, -0.2) is 0 Å². The molecular weight excluding hydrogens is 276 g/mol. The molecule has 22 heavy (non-hydrogen) atoms. The van der Waals surface area contributed by atoms with E-state index in [1.165, 1.54) is 0 Å². The van der Waals surface area contributed by atoms with E-state index in [1.54, 1.807) is 31.3 Å². The monoisotopic (exact) mass is 292 g/mol. The number of fused-ring (bicyclic) bond motifs is 1. The Morgan fingerprint density at radius 3 is 2.68 bits per heavy atom. The Kier molecular flexibility index (Phi) is 3.51. The minimum atomic E-state index is 0.0187. The Balaban J connectivity index is 2.12. The number of rotatable bonds is 3. The SMILES string of the molecule is CC(=O)c1ccc2nccc(Nc3cc(O)ccc3C)c2c1. The predicted octanol–water partition coefficient (Wildman–Crippen LogP) is 4.20. The third-order valence-corrected chi connectivity index (χ3v) is 3.64. The van der Waals surface area contributed by atoms with Crippen molar-refractivity contribution in [1.82, 2.24) is 4.98 Å². The summed E-state index contributed by atoms with van der Waals surface area (Å²) in [7, 11) is 0. The van der Waals surface area contributed by atoms with Crippen molar-refractivity contribution in [3.8, 4) is 5.75 Å². The van der Waals surface area contributed by atoms with Crippen molar-refractivity contribution in [2.45, 2.75) is 13.8 Å². The van der Waals surface area contributed by atoms with Crippen LogP contribution in [0, 0.1) is 6.92 Å². The Morgan fingerprint density at radius 2 is 1.91 bits per heavy atom. The van der Waals surface area contributed by atoms with Crippen LogP contribution in [-0.4, -0.2) is 15.9 Å². The Bertz CT molecular complexity index is 872. The molecule has 1 aromatic heterocycles. The number of nitrogens with one attached hydrogen (secondary N) is 1. The number of carbonyl (C=O) groups is 1. The van der Waals surface area contributed by atoms with Gasteiger partial charge in [-0.1, -0.05) is 6.07 Å². The van der Waals surface area contributed by atoms with Crippen molar-refractivity contribution < 1.29 is 9.90 Å². The fraction of sp³-hybridized carbons (Fsp3) is 0.111. The number of aromatic nitrogens is 1. The predicted molar refractivity (Wildman–Crippen MR) is 87.9 cm³/mol. The zero-order valence-electron chi connectivity index (χ0n) is 12.4. The molecule has 0 radical (unpaired) electrons. The molecule has 0 aliphatic heterocycles. The molecule has 4 nitrogen and oxygen atoms in total. The van der Waals surface area contributed by atoms with Crippen LogP contribution in [0.4, 0.5) is 11.4 Å². The van der Waals surface area contributed by atoms with E-state index in [0.29, 0.717) is 5.56 Å². The number of nitrogens with zero attached hydrogens (tertiary/aromatic N) is 1. The van der Waals surface area contributed by atoms with Crippen molar-refractivity contribution in [2.75, 3.05) is 5.32 Å². The fourth-order valence-corrected chi connectivity index (χ4v) is 2.36. The van der Waals surface area contributed by atoms with Crippen LogP contribution < -0.4 is 5.32 Å². The van der Waals surface area contributed by atoms with Gasteiger partial charge in [-0.2, -0.15) is 0 Å². The van der Waals surface area contributed by atoms with Crippen molar-refractivity contribution in [3.05, 3.63) is 59.8 Å². The molecule has 0 aliphatic rings. The molecule has 0 atom stereocenters. The normalized spacial score (nSPS) is 10.6. The number of anilines is 2. The van der Waals surface area contributed by atoms with Crippen molar-refractivity contribution in [1.29, 1.82) is 0 Å². The summed E-state index contributed by atoms with van der Waals surface area (Å²) in [6.45, 7) is 3.51. The Hall–Kier alpha value is -2.88. The summed E-state index contributed by atoms with van der Waals surface area (Å²) in [5.74, 6) is 0.223. The van der Waals surface area contributed by atoms with Gasteiger partial charge in [-0.15, -0.1) is 0 Å². The number of ketones is 1. The largest absolute Gasteiger partial charge is 0.508 e. The van der Waals surface area contributed by atoms with Crippen LogP contribution in [0.25, 0.3) is 10.9 Å². The lowest BCUT2D eigenvalue weighted by atomic mass is 10.1. The van der Waals surface area contributed by atoms with Gasteiger partial charge >= 0.3 is 0 Å². The molecule has 0 bridgehead atoms. The third kappa shape index (κ3) is 2.63. The van der Waals surface area contributed by atoms with Gasteiger partial charge in [0.05, 0.1) is 5.52 Å². The quantitative estimate of drug-likeness (QED) is 0.710.